The Morgan fingerprint density at radius 2 is 1.09 bits per heavy atom. The molecule has 3 N–H and O–H groups in total. The van der Waals surface area contributed by atoms with Gasteiger partial charge in [0.2, 0.25) is 0 Å². The van der Waals surface area contributed by atoms with Crippen LogP contribution in [0.2, 0.25) is 0 Å². The number of hydrogen-bond acceptors (Lipinski definition) is 6. The molecule has 0 amide bonds. The molecule has 11 heavy (non-hydrogen) atoms. The monoisotopic (exact) mass is 218 g/mol. The second kappa shape index (κ2) is 6.03. The van der Waals surface area contributed by atoms with E-state index in [1.54, 1.807) is 0 Å². The van der Waals surface area contributed by atoms with Gasteiger partial charge < -0.3 is 19.2 Å². The van der Waals surface area contributed by atoms with Gasteiger partial charge in [-0.05, 0) is 0 Å². The fourth-order valence-electron chi connectivity index (χ4n) is 0. The van der Waals surface area contributed by atoms with Crippen LogP contribution in [0, 0.1) is 0 Å². The molecule has 0 aromatic heterocycles. The molecule has 0 heterocycles. The van der Waals surface area contributed by atoms with Gasteiger partial charge >= 0.3 is 27.8 Å². The first-order valence-corrected chi connectivity index (χ1v) is 4.60. The SMILES string of the molecule is O=S(=O)(O)O.[Al+3].[O-][Si]([O-])([O-])O. The van der Waals surface area contributed by atoms with Gasteiger partial charge in [0, 0.05) is 0 Å². The van der Waals surface area contributed by atoms with E-state index in [-0.39, 0.29) is 17.4 Å². The van der Waals surface area contributed by atoms with Crippen LogP contribution >= 0.6 is 0 Å². The van der Waals surface area contributed by atoms with Crippen molar-refractivity contribution in [1.82, 2.24) is 0 Å². The maximum Gasteiger partial charge on any atom is 3.00 e. The molecule has 0 rings (SSSR count). The van der Waals surface area contributed by atoms with Crippen molar-refractivity contribution in [2.75, 3.05) is 0 Å². The van der Waals surface area contributed by atoms with Crippen LogP contribution in [0.5, 0.6) is 0 Å². The number of hydrogen-bond donors (Lipinski definition) is 3. The quantitative estimate of drug-likeness (QED) is 0.267. The van der Waals surface area contributed by atoms with Crippen LogP contribution < -0.4 is 14.4 Å². The summed E-state index contributed by atoms with van der Waals surface area (Å²) in [4.78, 5) is 33.1. The van der Waals surface area contributed by atoms with Gasteiger partial charge in [0.05, 0.1) is 0 Å². The summed E-state index contributed by atoms with van der Waals surface area (Å²) in [5.41, 5.74) is 0. The third-order valence-corrected chi connectivity index (χ3v) is 0. The molecule has 0 atom stereocenters. The van der Waals surface area contributed by atoms with Gasteiger partial charge in [-0.25, -0.2) is 0 Å². The zero-order valence-corrected chi connectivity index (χ0v) is 7.84. The summed E-state index contributed by atoms with van der Waals surface area (Å²) in [6.45, 7) is 0. The van der Waals surface area contributed by atoms with Crippen molar-refractivity contribution in [1.29, 1.82) is 0 Å². The predicted molar refractivity (Wildman–Crippen MR) is 27.9 cm³/mol. The third kappa shape index (κ3) is 3550. The molecule has 0 spiro atoms. The van der Waals surface area contributed by atoms with Crippen molar-refractivity contribution in [2.24, 2.45) is 0 Å². The molecule has 64 valence electrons. The van der Waals surface area contributed by atoms with Crippen LogP contribution in [0.25, 0.3) is 0 Å². The van der Waals surface area contributed by atoms with Crippen LogP contribution in [0.3, 0.4) is 0 Å². The Balaban J connectivity index is -0.000000107. The average Bonchev–Trinajstić information content (AvgIpc) is 1.12. The van der Waals surface area contributed by atoms with Crippen LogP contribution in [0.15, 0.2) is 0 Å². The summed E-state index contributed by atoms with van der Waals surface area (Å²) >= 11 is 0. The fourth-order valence-corrected chi connectivity index (χ4v) is 0. The summed E-state index contributed by atoms with van der Waals surface area (Å²) in [5, 5.41) is 0. The standard InChI is InChI=1S/Al.H2O4S.HO4Si/c;2*1-5(2,3)4/h;(H2,1,2,3,4);1H/q+3;;-3. The molecule has 0 fully saturated rings. The molecular formula is H3AlO8SSi. The topological polar surface area (TPSA) is 164 Å². The Bertz CT molecular complexity index is 149. The molecule has 0 radical (unpaired) electrons. The average molecular weight is 218 g/mol. The Hall–Kier alpha value is 0.459. The van der Waals surface area contributed by atoms with E-state index in [4.69, 9.17) is 36.7 Å². The van der Waals surface area contributed by atoms with Crippen molar-refractivity contribution < 1.29 is 36.7 Å². The molecule has 0 saturated heterocycles. The van der Waals surface area contributed by atoms with Crippen molar-refractivity contribution in [2.45, 2.75) is 0 Å². The molecular weight excluding hydrogens is 215 g/mol. The first-order chi connectivity index (χ1) is 4.00. The zero-order valence-electron chi connectivity index (χ0n) is 4.87. The minimum Gasteiger partial charge on any atom is -0.861 e. The summed E-state index contributed by atoms with van der Waals surface area (Å²) in [6.07, 6.45) is 0. The maximum absolute atomic E-state index is 8.74. The smallest absolute Gasteiger partial charge is 0.861 e. The molecule has 0 unspecified atom stereocenters. The van der Waals surface area contributed by atoms with Crippen LogP contribution in [-0.2, 0) is 10.4 Å². The molecule has 0 aliphatic rings. The molecule has 8 nitrogen and oxygen atoms in total. The van der Waals surface area contributed by atoms with Gasteiger partial charge in [-0.3, -0.25) is 9.11 Å². The summed E-state index contributed by atoms with van der Waals surface area (Å²) in [7, 11) is -10.0. The van der Waals surface area contributed by atoms with Crippen LogP contribution in [0.1, 0.15) is 0 Å². The predicted octanol–water partition coefficient (Wildman–Crippen LogP) is -5.54. The van der Waals surface area contributed by atoms with E-state index >= 15 is 0 Å². The van der Waals surface area contributed by atoms with Crippen molar-refractivity contribution in [3.8, 4) is 0 Å². The summed E-state index contributed by atoms with van der Waals surface area (Å²) in [5.74, 6) is 0. The van der Waals surface area contributed by atoms with Gasteiger partial charge in [-0.15, -0.1) is 9.05 Å². The molecule has 0 aromatic carbocycles. The molecule has 0 aliphatic carbocycles. The first-order valence-electron chi connectivity index (χ1n) is 1.53. The van der Waals surface area contributed by atoms with Crippen LogP contribution in [0.4, 0.5) is 0 Å². The third-order valence-electron chi connectivity index (χ3n) is 0. The summed E-state index contributed by atoms with van der Waals surface area (Å²) in [6, 6.07) is 0. The Morgan fingerprint density at radius 3 is 1.09 bits per heavy atom. The normalized spacial score (nSPS) is 10.7. The van der Waals surface area contributed by atoms with E-state index in [9.17, 15) is 0 Å². The molecule has 0 aliphatic heterocycles. The molecule has 0 saturated carbocycles. The van der Waals surface area contributed by atoms with Gasteiger partial charge in [0.25, 0.3) is 0 Å². The van der Waals surface area contributed by atoms with E-state index in [1.807, 2.05) is 0 Å². The van der Waals surface area contributed by atoms with E-state index < -0.39 is 19.4 Å². The molecule has 0 bridgehead atoms. The second-order valence-electron chi connectivity index (χ2n) is 0.972. The largest absolute Gasteiger partial charge is 3.00 e. The van der Waals surface area contributed by atoms with Gasteiger partial charge in [-0.2, -0.15) is 8.42 Å². The van der Waals surface area contributed by atoms with Gasteiger partial charge in [-0.1, -0.05) is 0 Å². The van der Waals surface area contributed by atoms with E-state index in [1.165, 1.54) is 0 Å². The second-order valence-corrected chi connectivity index (χ2v) is 2.92. The Kier molecular flexibility index (Phi) is 9.60. The van der Waals surface area contributed by atoms with Crippen molar-refractivity contribution in [3.05, 3.63) is 0 Å². The fraction of sp³-hybridized carbons (Fsp3) is 0. The minimum atomic E-state index is -5.36. The van der Waals surface area contributed by atoms with Crippen molar-refractivity contribution in [3.63, 3.8) is 0 Å². The van der Waals surface area contributed by atoms with Crippen molar-refractivity contribution >= 4 is 36.8 Å². The first kappa shape index (κ1) is 17.5. The van der Waals surface area contributed by atoms with Gasteiger partial charge in [0.1, 0.15) is 0 Å². The maximum atomic E-state index is 8.74. The van der Waals surface area contributed by atoms with Crippen LogP contribution in [-0.4, -0.2) is 48.7 Å². The number of rotatable bonds is 0. The summed E-state index contributed by atoms with van der Waals surface area (Å²) < 4.78 is 31.6. The Labute approximate surface area is 73.9 Å². The Morgan fingerprint density at radius 1 is 1.09 bits per heavy atom. The van der Waals surface area contributed by atoms with E-state index in [2.05, 4.69) is 0 Å². The minimum absolute atomic E-state index is 0. The van der Waals surface area contributed by atoms with E-state index in [0.717, 1.165) is 0 Å². The molecule has 11 heteroatoms. The van der Waals surface area contributed by atoms with E-state index in [0.29, 0.717) is 0 Å². The molecule has 0 aromatic rings. The zero-order chi connectivity index (χ0) is 9.00. The van der Waals surface area contributed by atoms with Gasteiger partial charge in [0.15, 0.2) is 0 Å².